The number of hydrogen-bond acceptors (Lipinski definition) is 3. The summed E-state index contributed by atoms with van der Waals surface area (Å²) in [6.07, 6.45) is 0. The number of aromatic nitrogens is 2. The van der Waals surface area contributed by atoms with E-state index in [1.54, 1.807) is 0 Å². The van der Waals surface area contributed by atoms with Gasteiger partial charge in [-0.1, -0.05) is 48.0 Å². The molecule has 3 rings (SSSR count). The minimum atomic E-state index is 0.381. The molecule has 0 atom stereocenters. The lowest BCUT2D eigenvalue weighted by Gasteiger charge is -2.07. The maximum Gasteiger partial charge on any atom is 0.246 e. The number of nitrogens with zero attached hydrogens (tertiary/aromatic N) is 2. The van der Waals surface area contributed by atoms with Gasteiger partial charge in [-0.05, 0) is 18.2 Å². The lowest BCUT2D eigenvalue weighted by Crippen LogP contribution is -1.93. The molecule has 0 radical (unpaired) electrons. The van der Waals surface area contributed by atoms with Gasteiger partial charge in [-0.3, -0.25) is 0 Å². The number of halogens is 1. The molecular formula is C14H9ClN2O. The van der Waals surface area contributed by atoms with E-state index in [0.29, 0.717) is 11.0 Å². The normalized spacial score (nSPS) is 10.5. The van der Waals surface area contributed by atoms with Crippen molar-refractivity contribution in [2.24, 2.45) is 0 Å². The minimum absolute atomic E-state index is 0.381. The molecule has 0 aliphatic carbocycles. The van der Waals surface area contributed by atoms with Crippen LogP contribution in [0.25, 0.3) is 10.8 Å². The van der Waals surface area contributed by atoms with Crippen molar-refractivity contribution in [3.05, 3.63) is 59.8 Å². The van der Waals surface area contributed by atoms with E-state index in [1.807, 2.05) is 54.6 Å². The van der Waals surface area contributed by atoms with E-state index >= 15 is 0 Å². The smallest absolute Gasteiger partial charge is 0.246 e. The molecular weight excluding hydrogens is 248 g/mol. The fourth-order valence-electron chi connectivity index (χ4n) is 1.72. The van der Waals surface area contributed by atoms with E-state index in [1.165, 1.54) is 0 Å². The van der Waals surface area contributed by atoms with Crippen LogP contribution in [0.15, 0.2) is 54.6 Å². The second kappa shape index (κ2) is 4.63. The predicted octanol–water partition coefficient (Wildman–Crippen LogP) is 4.08. The molecule has 0 fully saturated rings. The Morgan fingerprint density at radius 3 is 2.22 bits per heavy atom. The van der Waals surface area contributed by atoms with Crippen LogP contribution in [0.4, 0.5) is 0 Å². The quantitative estimate of drug-likeness (QED) is 0.693. The van der Waals surface area contributed by atoms with Crippen molar-refractivity contribution >= 4 is 22.4 Å². The number of fused-ring (bicyclic) bond motifs is 1. The van der Waals surface area contributed by atoms with E-state index in [2.05, 4.69) is 10.2 Å². The fourth-order valence-corrected chi connectivity index (χ4v) is 1.92. The average Bonchev–Trinajstić information content (AvgIpc) is 2.44. The molecule has 3 nitrogen and oxygen atoms in total. The van der Waals surface area contributed by atoms with Gasteiger partial charge < -0.3 is 4.74 Å². The summed E-state index contributed by atoms with van der Waals surface area (Å²) < 4.78 is 5.71. The topological polar surface area (TPSA) is 35.0 Å². The molecule has 1 aromatic heterocycles. The zero-order valence-electron chi connectivity index (χ0n) is 9.38. The molecule has 0 saturated carbocycles. The first-order valence-electron chi connectivity index (χ1n) is 5.48. The summed E-state index contributed by atoms with van der Waals surface area (Å²) in [5.41, 5.74) is 0. The van der Waals surface area contributed by atoms with E-state index in [4.69, 9.17) is 16.3 Å². The highest BCUT2D eigenvalue weighted by atomic mass is 35.5. The molecule has 0 aliphatic rings. The maximum atomic E-state index is 6.00. The molecule has 0 amide bonds. The third kappa shape index (κ3) is 2.00. The first-order chi connectivity index (χ1) is 8.84. The van der Waals surface area contributed by atoms with E-state index in [9.17, 15) is 0 Å². The summed E-state index contributed by atoms with van der Waals surface area (Å²) >= 11 is 6.00. The molecule has 0 unspecified atom stereocenters. The minimum Gasteiger partial charge on any atom is -0.437 e. The highest BCUT2D eigenvalue weighted by molar-refractivity contribution is 6.34. The molecule has 0 saturated heterocycles. The zero-order valence-corrected chi connectivity index (χ0v) is 10.1. The van der Waals surface area contributed by atoms with Gasteiger partial charge >= 0.3 is 0 Å². The van der Waals surface area contributed by atoms with Gasteiger partial charge in [0.15, 0.2) is 5.15 Å². The first-order valence-corrected chi connectivity index (χ1v) is 5.86. The Bertz CT molecular complexity index is 686. The summed E-state index contributed by atoms with van der Waals surface area (Å²) in [5.74, 6) is 1.18. The number of ether oxygens (including phenoxy) is 1. The van der Waals surface area contributed by atoms with Gasteiger partial charge in [-0.2, -0.15) is 0 Å². The van der Waals surface area contributed by atoms with Crippen molar-refractivity contribution in [1.29, 1.82) is 0 Å². The van der Waals surface area contributed by atoms with E-state index in [-0.39, 0.29) is 0 Å². The predicted molar refractivity (Wildman–Crippen MR) is 71.1 cm³/mol. The van der Waals surface area contributed by atoms with Crippen LogP contribution in [0, 0.1) is 0 Å². The van der Waals surface area contributed by atoms with Gasteiger partial charge in [0.05, 0.1) is 0 Å². The Balaban J connectivity index is 2.10. The molecule has 18 heavy (non-hydrogen) atoms. The summed E-state index contributed by atoms with van der Waals surface area (Å²) in [7, 11) is 0. The molecule has 2 aromatic carbocycles. The second-order valence-corrected chi connectivity index (χ2v) is 4.11. The number of rotatable bonds is 2. The van der Waals surface area contributed by atoms with Crippen molar-refractivity contribution in [1.82, 2.24) is 10.2 Å². The number of hydrogen-bond donors (Lipinski definition) is 0. The summed E-state index contributed by atoms with van der Waals surface area (Å²) in [6.45, 7) is 0. The van der Waals surface area contributed by atoms with Crippen LogP contribution >= 0.6 is 11.6 Å². The van der Waals surface area contributed by atoms with Crippen LogP contribution in [-0.4, -0.2) is 10.2 Å². The summed E-state index contributed by atoms with van der Waals surface area (Å²) in [5, 5.41) is 9.95. The lowest BCUT2D eigenvalue weighted by molar-refractivity contribution is 0.462. The van der Waals surface area contributed by atoms with E-state index in [0.717, 1.165) is 16.5 Å². The number of para-hydroxylation sites is 1. The van der Waals surface area contributed by atoms with Crippen molar-refractivity contribution in [3.8, 4) is 11.6 Å². The zero-order chi connectivity index (χ0) is 12.4. The van der Waals surface area contributed by atoms with Gasteiger partial charge in [0, 0.05) is 10.8 Å². The maximum absolute atomic E-state index is 6.00. The number of benzene rings is 2. The van der Waals surface area contributed by atoms with Gasteiger partial charge in [0.1, 0.15) is 5.75 Å². The Labute approximate surface area is 109 Å². The highest BCUT2D eigenvalue weighted by Crippen LogP contribution is 2.29. The van der Waals surface area contributed by atoms with Crippen LogP contribution in [0.5, 0.6) is 11.6 Å². The Morgan fingerprint density at radius 1 is 0.778 bits per heavy atom. The SMILES string of the molecule is Clc1nnc(Oc2ccccc2)c2ccccc12. The van der Waals surface area contributed by atoms with Gasteiger partial charge in [0.2, 0.25) is 5.88 Å². The van der Waals surface area contributed by atoms with Crippen LogP contribution in [0.3, 0.4) is 0 Å². The van der Waals surface area contributed by atoms with Crippen molar-refractivity contribution in [3.63, 3.8) is 0 Å². The van der Waals surface area contributed by atoms with Crippen molar-refractivity contribution in [2.75, 3.05) is 0 Å². The Kier molecular flexibility index (Phi) is 2.82. The van der Waals surface area contributed by atoms with Crippen molar-refractivity contribution in [2.45, 2.75) is 0 Å². The van der Waals surface area contributed by atoms with Gasteiger partial charge in [-0.15, -0.1) is 10.2 Å². The Morgan fingerprint density at radius 2 is 1.44 bits per heavy atom. The standard InChI is InChI=1S/C14H9ClN2O/c15-13-11-8-4-5-9-12(11)14(17-16-13)18-10-6-2-1-3-7-10/h1-9H. The molecule has 0 bridgehead atoms. The molecule has 3 aromatic rings. The highest BCUT2D eigenvalue weighted by Gasteiger charge is 2.08. The third-order valence-corrected chi connectivity index (χ3v) is 2.85. The molecule has 0 N–H and O–H groups in total. The molecule has 4 heteroatoms. The second-order valence-electron chi connectivity index (χ2n) is 3.76. The molecule has 0 spiro atoms. The summed E-state index contributed by atoms with van der Waals surface area (Å²) in [6, 6.07) is 17.1. The van der Waals surface area contributed by atoms with Gasteiger partial charge in [0.25, 0.3) is 0 Å². The van der Waals surface area contributed by atoms with Crippen LogP contribution in [-0.2, 0) is 0 Å². The first kappa shape index (κ1) is 11.0. The monoisotopic (exact) mass is 256 g/mol. The van der Waals surface area contributed by atoms with Crippen LogP contribution in [0.2, 0.25) is 5.15 Å². The molecule has 0 aliphatic heterocycles. The largest absolute Gasteiger partial charge is 0.437 e. The van der Waals surface area contributed by atoms with Gasteiger partial charge in [-0.25, -0.2) is 0 Å². The molecule has 1 heterocycles. The average molecular weight is 257 g/mol. The molecule has 88 valence electrons. The Hall–Kier alpha value is -2.13. The lowest BCUT2D eigenvalue weighted by atomic mass is 10.2. The van der Waals surface area contributed by atoms with Crippen LogP contribution < -0.4 is 4.74 Å². The summed E-state index contributed by atoms with van der Waals surface area (Å²) in [4.78, 5) is 0. The third-order valence-electron chi connectivity index (χ3n) is 2.57. The van der Waals surface area contributed by atoms with E-state index < -0.39 is 0 Å². The fraction of sp³-hybridized carbons (Fsp3) is 0. The van der Waals surface area contributed by atoms with Crippen LogP contribution in [0.1, 0.15) is 0 Å². The van der Waals surface area contributed by atoms with Crippen molar-refractivity contribution < 1.29 is 4.74 Å².